The topological polar surface area (TPSA) is 70.6 Å². The predicted octanol–water partition coefficient (Wildman–Crippen LogP) is 3.77. The second-order valence-corrected chi connectivity index (χ2v) is 8.10. The highest BCUT2D eigenvalue weighted by Crippen LogP contribution is 2.35. The number of urea groups is 1. The van der Waals surface area contributed by atoms with Crippen LogP contribution in [-0.2, 0) is 24.9 Å². The van der Waals surface area contributed by atoms with Crippen LogP contribution in [0.5, 0.6) is 5.75 Å². The van der Waals surface area contributed by atoms with Crippen LogP contribution in [0.1, 0.15) is 43.0 Å². The molecule has 3 rings (SSSR count). The third kappa shape index (κ3) is 4.25. The minimum Gasteiger partial charge on any atom is -0.494 e. The van der Waals surface area contributed by atoms with Gasteiger partial charge in [-0.15, -0.1) is 0 Å². The minimum absolute atomic E-state index is 0.0801. The molecule has 0 saturated heterocycles. The van der Waals surface area contributed by atoms with Crippen molar-refractivity contribution >= 4 is 11.7 Å². The number of rotatable bonds is 4. The van der Waals surface area contributed by atoms with Gasteiger partial charge in [-0.1, -0.05) is 45.0 Å². The number of fused-ring (bicyclic) bond motifs is 1. The fourth-order valence-corrected chi connectivity index (χ4v) is 3.58. The molecule has 0 heterocycles. The van der Waals surface area contributed by atoms with Crippen LogP contribution >= 0.6 is 0 Å². The Morgan fingerprint density at radius 3 is 2.33 bits per heavy atom. The smallest absolute Gasteiger partial charge is 0.319 e. The number of benzene rings is 2. The third-order valence-electron chi connectivity index (χ3n) is 5.04. The van der Waals surface area contributed by atoms with Crippen molar-refractivity contribution in [3.8, 4) is 5.75 Å². The molecule has 144 valence electrons. The highest BCUT2D eigenvalue weighted by molar-refractivity contribution is 5.91. The maximum Gasteiger partial charge on any atom is 0.319 e. The van der Waals surface area contributed by atoms with Gasteiger partial charge < -0.3 is 20.5 Å². The van der Waals surface area contributed by atoms with Crippen LogP contribution in [-0.4, -0.2) is 24.3 Å². The molecule has 5 heteroatoms. The summed E-state index contributed by atoms with van der Waals surface area (Å²) in [6.45, 7) is 6.13. The molecule has 2 amide bonds. The molecule has 1 aliphatic carbocycles. The second-order valence-electron chi connectivity index (χ2n) is 8.10. The zero-order valence-corrected chi connectivity index (χ0v) is 16.4. The van der Waals surface area contributed by atoms with Crippen molar-refractivity contribution in [2.75, 3.05) is 12.4 Å². The molecule has 2 aromatic carbocycles. The van der Waals surface area contributed by atoms with Gasteiger partial charge in [-0.25, -0.2) is 4.79 Å². The van der Waals surface area contributed by atoms with Crippen LogP contribution in [0, 0.1) is 0 Å². The van der Waals surface area contributed by atoms with Crippen molar-refractivity contribution in [2.45, 2.75) is 51.7 Å². The van der Waals surface area contributed by atoms with Gasteiger partial charge in [0.1, 0.15) is 5.75 Å². The fourth-order valence-electron chi connectivity index (χ4n) is 3.58. The van der Waals surface area contributed by atoms with E-state index in [-0.39, 0.29) is 24.1 Å². The molecule has 2 aromatic rings. The summed E-state index contributed by atoms with van der Waals surface area (Å²) in [6, 6.07) is 11.9. The van der Waals surface area contributed by atoms with Crippen LogP contribution in [0.25, 0.3) is 0 Å². The molecule has 0 aliphatic heterocycles. The van der Waals surface area contributed by atoms with E-state index < -0.39 is 0 Å². The number of anilines is 1. The van der Waals surface area contributed by atoms with Gasteiger partial charge in [-0.3, -0.25) is 0 Å². The SMILES string of the molecule is COc1c(CO)cc(C(C)(C)C)cc1NC(=O)NC1Cc2ccccc2C1. The molecule has 1 aliphatic rings. The Bertz CT molecular complexity index is 815. The van der Waals surface area contributed by atoms with Gasteiger partial charge in [-0.05, 0) is 47.1 Å². The number of hydrogen-bond acceptors (Lipinski definition) is 3. The number of nitrogens with one attached hydrogen (secondary N) is 2. The van der Waals surface area contributed by atoms with Gasteiger partial charge >= 0.3 is 6.03 Å². The lowest BCUT2D eigenvalue weighted by molar-refractivity contribution is 0.248. The lowest BCUT2D eigenvalue weighted by Crippen LogP contribution is -2.38. The maximum atomic E-state index is 12.6. The molecular formula is C22H28N2O3. The van der Waals surface area contributed by atoms with E-state index in [1.54, 1.807) is 7.11 Å². The number of methoxy groups -OCH3 is 1. The Balaban J connectivity index is 1.77. The van der Waals surface area contributed by atoms with Gasteiger partial charge in [0, 0.05) is 11.6 Å². The Morgan fingerprint density at radius 1 is 1.19 bits per heavy atom. The summed E-state index contributed by atoms with van der Waals surface area (Å²) in [6.07, 6.45) is 1.68. The summed E-state index contributed by atoms with van der Waals surface area (Å²) in [5.74, 6) is 0.496. The van der Waals surface area contributed by atoms with Crippen molar-refractivity contribution in [2.24, 2.45) is 0 Å². The number of carbonyl (C=O) groups excluding carboxylic acids is 1. The van der Waals surface area contributed by atoms with Crippen molar-refractivity contribution in [3.05, 3.63) is 58.7 Å². The Hall–Kier alpha value is -2.53. The highest BCUT2D eigenvalue weighted by atomic mass is 16.5. The molecule has 0 atom stereocenters. The summed E-state index contributed by atoms with van der Waals surface area (Å²) < 4.78 is 5.45. The number of aliphatic hydroxyl groups excluding tert-OH is 1. The van der Waals surface area contributed by atoms with Crippen LogP contribution in [0.4, 0.5) is 10.5 Å². The molecule has 0 saturated carbocycles. The van der Waals surface area contributed by atoms with Crippen LogP contribution < -0.4 is 15.4 Å². The first kappa shape index (κ1) is 19.2. The lowest BCUT2D eigenvalue weighted by atomic mass is 9.85. The molecule has 0 fully saturated rings. The van der Waals surface area contributed by atoms with Gasteiger partial charge in [0.2, 0.25) is 0 Å². The summed E-state index contributed by atoms with van der Waals surface area (Å²) >= 11 is 0. The first-order chi connectivity index (χ1) is 12.8. The van der Waals surface area contributed by atoms with E-state index in [9.17, 15) is 9.90 Å². The van der Waals surface area contributed by atoms with E-state index in [2.05, 4.69) is 43.5 Å². The van der Waals surface area contributed by atoms with Crippen molar-refractivity contribution in [3.63, 3.8) is 0 Å². The average molecular weight is 368 g/mol. The highest BCUT2D eigenvalue weighted by Gasteiger charge is 2.24. The number of aliphatic hydroxyl groups is 1. The van der Waals surface area contributed by atoms with Crippen LogP contribution in [0.15, 0.2) is 36.4 Å². The standard InChI is InChI=1S/C22H28N2O3/c1-22(2,3)17-9-16(13-25)20(27-4)19(12-17)24-21(26)23-18-10-14-7-5-6-8-15(14)11-18/h5-9,12,18,25H,10-11,13H2,1-4H3,(H2,23,24,26). The van der Waals surface area contributed by atoms with Crippen LogP contribution in [0.2, 0.25) is 0 Å². The molecule has 3 N–H and O–H groups in total. The zero-order chi connectivity index (χ0) is 19.6. The number of carbonyl (C=O) groups is 1. The van der Waals surface area contributed by atoms with Crippen molar-refractivity contribution in [1.29, 1.82) is 0 Å². The lowest BCUT2D eigenvalue weighted by Gasteiger charge is -2.23. The minimum atomic E-state index is -0.263. The first-order valence-corrected chi connectivity index (χ1v) is 9.28. The molecular weight excluding hydrogens is 340 g/mol. The summed E-state index contributed by atoms with van der Waals surface area (Å²) in [7, 11) is 1.54. The Labute approximate surface area is 160 Å². The van der Waals surface area contributed by atoms with Gasteiger partial charge in [0.05, 0.1) is 19.4 Å². The van der Waals surface area contributed by atoms with Crippen LogP contribution in [0.3, 0.4) is 0 Å². The quantitative estimate of drug-likeness (QED) is 0.769. The van der Waals surface area contributed by atoms with Crippen molar-refractivity contribution in [1.82, 2.24) is 5.32 Å². The average Bonchev–Trinajstić information content (AvgIpc) is 3.02. The predicted molar refractivity (Wildman–Crippen MR) is 107 cm³/mol. The van der Waals surface area contributed by atoms with E-state index in [4.69, 9.17) is 4.74 Å². The zero-order valence-electron chi connectivity index (χ0n) is 16.4. The summed E-state index contributed by atoms with van der Waals surface area (Å²) in [4.78, 5) is 12.6. The van der Waals surface area contributed by atoms with Gasteiger partial charge in [0.15, 0.2) is 0 Å². The monoisotopic (exact) mass is 368 g/mol. The van der Waals surface area contributed by atoms with E-state index >= 15 is 0 Å². The Kier molecular flexibility index (Phi) is 5.42. The molecule has 0 spiro atoms. The van der Waals surface area contributed by atoms with E-state index in [0.29, 0.717) is 17.0 Å². The second kappa shape index (κ2) is 7.61. The maximum absolute atomic E-state index is 12.6. The van der Waals surface area contributed by atoms with E-state index in [1.165, 1.54) is 11.1 Å². The third-order valence-corrected chi connectivity index (χ3v) is 5.04. The molecule has 0 bridgehead atoms. The van der Waals surface area contributed by atoms with Crippen molar-refractivity contribution < 1.29 is 14.6 Å². The molecule has 27 heavy (non-hydrogen) atoms. The molecule has 0 aromatic heterocycles. The normalized spacial score (nSPS) is 14.0. The van der Waals surface area contributed by atoms with Gasteiger partial charge in [-0.2, -0.15) is 0 Å². The molecule has 0 unspecified atom stereocenters. The number of hydrogen-bond donors (Lipinski definition) is 3. The summed E-state index contributed by atoms with van der Waals surface area (Å²) in [5.41, 5.74) is 4.72. The number of amides is 2. The van der Waals surface area contributed by atoms with E-state index in [0.717, 1.165) is 18.4 Å². The Morgan fingerprint density at radius 2 is 1.81 bits per heavy atom. The van der Waals surface area contributed by atoms with Gasteiger partial charge in [0.25, 0.3) is 0 Å². The number of ether oxygens (including phenoxy) is 1. The van der Waals surface area contributed by atoms with E-state index in [1.807, 2.05) is 24.3 Å². The summed E-state index contributed by atoms with van der Waals surface area (Å²) in [5, 5.41) is 15.7. The molecule has 0 radical (unpaired) electrons. The molecule has 5 nitrogen and oxygen atoms in total. The first-order valence-electron chi connectivity index (χ1n) is 9.28. The fraction of sp³-hybridized carbons (Fsp3) is 0.409. The largest absolute Gasteiger partial charge is 0.494 e.